The Morgan fingerprint density at radius 3 is 1.65 bits per heavy atom. The Labute approximate surface area is 344 Å². The molecule has 0 aromatic carbocycles. The van der Waals surface area contributed by atoms with Crippen molar-refractivity contribution in [2.24, 2.45) is 0 Å². The molecule has 0 radical (unpaired) electrons. The van der Waals surface area contributed by atoms with Gasteiger partial charge in [0.1, 0.15) is 36.8 Å². The predicted octanol–water partition coefficient (Wildman–Crippen LogP) is 8.61. The number of aliphatic hydroxyl groups excluding tert-OH is 3. The molecule has 0 spiro atoms. The second kappa shape index (κ2) is 34.7. The number of aliphatic hydroxyl groups is 3. The van der Waals surface area contributed by atoms with Crippen molar-refractivity contribution >= 4 is 22.1 Å². The zero-order chi connectivity index (χ0) is 42.0. The Kier molecular flexibility index (Phi) is 32.2. The second-order valence-corrected chi connectivity index (χ2v) is 16.9. The van der Waals surface area contributed by atoms with E-state index in [2.05, 4.69) is 26.0 Å². The molecule has 1 heterocycles. The first kappa shape index (κ1) is 52.9. The minimum atomic E-state index is -4.61. The Morgan fingerprint density at radius 2 is 1.12 bits per heavy atom. The highest BCUT2D eigenvalue weighted by Crippen LogP contribution is 2.24. The Balaban J connectivity index is 2.52. The van der Waals surface area contributed by atoms with E-state index in [-0.39, 0.29) is 13.0 Å². The lowest BCUT2D eigenvalue weighted by molar-refractivity contribution is -0.297. The quantitative estimate of drug-likeness (QED) is 0.0118. The van der Waals surface area contributed by atoms with Gasteiger partial charge in [-0.1, -0.05) is 153 Å². The molecule has 0 aliphatic carbocycles. The number of hydrogen-bond donors (Lipinski definition) is 4. The molecule has 1 fully saturated rings. The van der Waals surface area contributed by atoms with Crippen LogP contribution in [0.3, 0.4) is 0 Å². The zero-order valence-electron chi connectivity index (χ0n) is 35.2. The van der Waals surface area contributed by atoms with Crippen LogP contribution in [0.1, 0.15) is 174 Å². The molecule has 1 aliphatic heterocycles. The van der Waals surface area contributed by atoms with Gasteiger partial charge in [-0.15, -0.1) is 0 Å². The maximum Gasteiger partial charge on any atom is 0.331 e. The minimum Gasteiger partial charge on any atom is -0.462 e. The van der Waals surface area contributed by atoms with Gasteiger partial charge in [-0.25, -0.2) is 4.79 Å². The van der Waals surface area contributed by atoms with Crippen LogP contribution < -0.4 is 0 Å². The van der Waals surface area contributed by atoms with E-state index in [1.54, 1.807) is 12.2 Å². The molecule has 57 heavy (non-hydrogen) atoms. The van der Waals surface area contributed by atoms with Gasteiger partial charge >= 0.3 is 11.9 Å². The number of hydrogen-bond acceptors (Lipinski definition) is 11. The fourth-order valence-electron chi connectivity index (χ4n) is 6.58. The fraction of sp³-hybridized carbons (Fsp3) is 0.818. The lowest BCUT2D eigenvalue weighted by Gasteiger charge is -2.40. The Bertz CT molecular complexity index is 1200. The van der Waals surface area contributed by atoms with Crippen molar-refractivity contribution in [3.8, 4) is 0 Å². The largest absolute Gasteiger partial charge is 0.462 e. The molecule has 13 heteroatoms. The Hall–Kier alpha value is -2.13. The van der Waals surface area contributed by atoms with E-state index >= 15 is 0 Å². The lowest BCUT2D eigenvalue weighted by Crippen LogP contribution is -2.60. The molecular formula is C44H78O12S. The number of allylic oxidation sites excluding steroid dienone is 5. The van der Waals surface area contributed by atoms with Crippen LogP contribution in [0.15, 0.2) is 36.5 Å². The number of esters is 2. The van der Waals surface area contributed by atoms with Gasteiger partial charge < -0.3 is 34.3 Å². The predicted molar refractivity (Wildman–Crippen MR) is 224 cm³/mol. The van der Waals surface area contributed by atoms with Crippen molar-refractivity contribution in [3.63, 3.8) is 0 Å². The summed E-state index contributed by atoms with van der Waals surface area (Å²) in [6.07, 6.45) is 29.7. The first-order valence-corrected chi connectivity index (χ1v) is 23.7. The van der Waals surface area contributed by atoms with Gasteiger partial charge in [-0.05, 0) is 44.9 Å². The number of unbranched alkanes of at least 4 members (excludes halogenated alkanes) is 21. The number of rotatable bonds is 36. The normalized spacial score (nSPS) is 20.8. The van der Waals surface area contributed by atoms with Crippen LogP contribution in [0.4, 0.5) is 0 Å². The van der Waals surface area contributed by atoms with E-state index in [0.29, 0.717) is 6.42 Å². The summed E-state index contributed by atoms with van der Waals surface area (Å²) in [5, 5.41) is 30.8. The molecule has 2 unspecified atom stereocenters. The summed E-state index contributed by atoms with van der Waals surface area (Å²) in [5.41, 5.74) is 0. The van der Waals surface area contributed by atoms with Gasteiger partial charge in [0.05, 0.1) is 6.61 Å². The van der Waals surface area contributed by atoms with Crippen molar-refractivity contribution in [1.29, 1.82) is 0 Å². The third kappa shape index (κ3) is 29.7. The van der Waals surface area contributed by atoms with Crippen molar-refractivity contribution in [2.45, 2.75) is 211 Å². The van der Waals surface area contributed by atoms with E-state index in [1.165, 1.54) is 96.0 Å². The molecule has 0 aromatic heterocycles. The van der Waals surface area contributed by atoms with Gasteiger partial charge in [0.2, 0.25) is 0 Å². The average molecular weight is 831 g/mol. The highest BCUT2D eigenvalue weighted by molar-refractivity contribution is 7.85. The molecule has 0 bridgehead atoms. The fourth-order valence-corrected chi connectivity index (χ4v) is 7.27. The highest BCUT2D eigenvalue weighted by atomic mass is 32.2. The van der Waals surface area contributed by atoms with Crippen LogP contribution in [-0.4, -0.2) is 96.0 Å². The number of ether oxygens (including phenoxy) is 4. The van der Waals surface area contributed by atoms with Crippen molar-refractivity contribution < 1.29 is 56.8 Å². The third-order valence-electron chi connectivity index (χ3n) is 10.0. The summed E-state index contributed by atoms with van der Waals surface area (Å²) < 4.78 is 53.8. The minimum absolute atomic E-state index is 0.190. The first-order chi connectivity index (χ1) is 27.5. The zero-order valence-corrected chi connectivity index (χ0v) is 36.0. The van der Waals surface area contributed by atoms with Crippen LogP contribution in [0, 0.1) is 0 Å². The van der Waals surface area contributed by atoms with Crippen LogP contribution in [-0.2, 0) is 38.7 Å². The van der Waals surface area contributed by atoms with Gasteiger partial charge in [0.15, 0.2) is 12.4 Å². The molecule has 0 saturated carbocycles. The molecular weight excluding hydrogens is 753 g/mol. The molecule has 0 aromatic rings. The molecule has 4 N–H and O–H groups in total. The van der Waals surface area contributed by atoms with Crippen LogP contribution in [0.25, 0.3) is 0 Å². The maximum absolute atomic E-state index is 12.7. The Morgan fingerprint density at radius 1 is 0.632 bits per heavy atom. The van der Waals surface area contributed by atoms with E-state index in [4.69, 9.17) is 18.9 Å². The summed E-state index contributed by atoms with van der Waals surface area (Å²) in [6, 6.07) is 0. The molecule has 1 saturated heterocycles. The molecule has 1 aliphatic rings. The van der Waals surface area contributed by atoms with E-state index in [0.717, 1.165) is 57.8 Å². The summed E-state index contributed by atoms with van der Waals surface area (Å²) >= 11 is 0. The number of carbonyl (C=O) groups excluding carboxylic acids is 2. The molecule has 6 atom stereocenters. The smallest absolute Gasteiger partial charge is 0.331 e. The molecule has 12 nitrogen and oxygen atoms in total. The van der Waals surface area contributed by atoms with E-state index in [9.17, 15) is 37.9 Å². The van der Waals surface area contributed by atoms with Crippen LogP contribution >= 0.6 is 0 Å². The van der Waals surface area contributed by atoms with Gasteiger partial charge in [0, 0.05) is 12.5 Å². The van der Waals surface area contributed by atoms with E-state index < -0.39 is 71.2 Å². The molecule has 0 amide bonds. The summed E-state index contributed by atoms with van der Waals surface area (Å²) in [6.45, 7) is 3.64. The molecule has 1 rings (SSSR count). The van der Waals surface area contributed by atoms with Crippen molar-refractivity contribution in [2.75, 3.05) is 19.0 Å². The topological polar surface area (TPSA) is 186 Å². The number of carbonyl (C=O) groups is 2. The maximum atomic E-state index is 12.7. The van der Waals surface area contributed by atoms with Gasteiger partial charge in [0.25, 0.3) is 10.1 Å². The van der Waals surface area contributed by atoms with Crippen molar-refractivity contribution in [3.05, 3.63) is 36.5 Å². The monoisotopic (exact) mass is 831 g/mol. The van der Waals surface area contributed by atoms with Crippen LogP contribution in [0.2, 0.25) is 0 Å². The highest BCUT2D eigenvalue weighted by Gasteiger charge is 2.46. The van der Waals surface area contributed by atoms with Crippen LogP contribution in [0.5, 0.6) is 0 Å². The van der Waals surface area contributed by atoms with Gasteiger partial charge in [-0.3, -0.25) is 9.35 Å². The van der Waals surface area contributed by atoms with E-state index in [1.807, 2.05) is 6.08 Å². The SMILES string of the molecule is CCCCCCC/C=C/CCCCCCCC(=O)OC[C@H](CO[C@H]1O[C@H](CS(=O)(=O)O)[C@@H](O)C(O)C1O)OC(=O)/C=C/C=C/CCCCCCCCCCCCC. The summed E-state index contributed by atoms with van der Waals surface area (Å²) in [5.74, 6) is -2.26. The first-order valence-electron chi connectivity index (χ1n) is 22.1. The lowest BCUT2D eigenvalue weighted by atomic mass is 10.00. The van der Waals surface area contributed by atoms with Gasteiger partial charge in [-0.2, -0.15) is 8.42 Å². The third-order valence-corrected chi connectivity index (χ3v) is 10.8. The average Bonchev–Trinajstić information content (AvgIpc) is 3.17. The van der Waals surface area contributed by atoms with Crippen molar-refractivity contribution in [1.82, 2.24) is 0 Å². The molecule has 332 valence electrons. The standard InChI is InChI=1S/C44H78O12S/c1-3-5-7-9-11-13-15-17-19-21-23-25-27-29-31-33-40(46)55-37(35-54-44-43(49)42(48)41(47)38(56-44)36-57(50,51)52)34-53-39(45)32-30-28-26-24-22-20-18-16-14-12-10-8-6-4-2/h16,18,27,29,31,33,37-38,41-44,47-49H,3-15,17,19-26,28,30,32,34-36H2,1-2H3,(H,50,51,52)/b18-16+,29-27+,33-31+/t37-,38-,41-,42?,43?,44+/m1/s1. The summed E-state index contributed by atoms with van der Waals surface area (Å²) in [7, 11) is -4.61. The summed E-state index contributed by atoms with van der Waals surface area (Å²) in [4.78, 5) is 25.2. The second-order valence-electron chi connectivity index (χ2n) is 15.4.